The first-order chi connectivity index (χ1) is 4.52. The minimum atomic E-state index is -4.17. The Morgan fingerprint density at radius 2 is 1.90 bits per heavy atom. The monoisotopic (exact) mass is 152 g/mol. The molecule has 0 atom stereocenters. The van der Waals surface area contributed by atoms with Gasteiger partial charge in [-0.25, -0.2) is 0 Å². The molecule has 1 saturated carbocycles. The molecule has 4 heteroatoms. The van der Waals surface area contributed by atoms with E-state index in [2.05, 4.69) is 0 Å². The minimum absolute atomic E-state index is 0.120. The molecule has 0 unspecified atom stereocenters. The second-order valence-corrected chi connectivity index (χ2v) is 2.65. The molecule has 0 aromatic carbocycles. The molecule has 1 rings (SSSR count). The predicted molar refractivity (Wildman–Crippen MR) is 28.4 cm³/mol. The molecule has 58 valence electrons. The fourth-order valence-corrected chi connectivity index (χ4v) is 0.914. The van der Waals surface area contributed by atoms with Crippen molar-refractivity contribution in [3.05, 3.63) is 0 Å². The van der Waals surface area contributed by atoms with Crippen molar-refractivity contribution in [1.82, 2.24) is 0 Å². The van der Waals surface area contributed by atoms with Gasteiger partial charge in [0.25, 0.3) is 0 Å². The third kappa shape index (κ3) is 1.02. The van der Waals surface area contributed by atoms with Gasteiger partial charge in [-0.1, -0.05) is 0 Å². The SMILES string of the molecule is O=CCC1(C(F)(F)F)CC1. The smallest absolute Gasteiger partial charge is 0.303 e. The largest absolute Gasteiger partial charge is 0.394 e. The Bertz CT molecular complexity index is 146. The first-order valence-corrected chi connectivity index (χ1v) is 3.02. The van der Waals surface area contributed by atoms with Crippen molar-refractivity contribution >= 4 is 6.29 Å². The number of carbonyl (C=O) groups is 1. The van der Waals surface area contributed by atoms with Crippen LogP contribution < -0.4 is 0 Å². The molecule has 10 heavy (non-hydrogen) atoms. The first kappa shape index (κ1) is 7.57. The normalized spacial score (nSPS) is 22.3. The number of hydrogen-bond acceptors (Lipinski definition) is 1. The molecular formula is C6H7F3O. The van der Waals surface area contributed by atoms with E-state index in [4.69, 9.17) is 0 Å². The molecule has 0 radical (unpaired) electrons. The Balaban J connectivity index is 2.60. The Kier molecular flexibility index (Phi) is 1.49. The second-order valence-electron chi connectivity index (χ2n) is 2.65. The summed E-state index contributed by atoms with van der Waals surface area (Å²) in [6.07, 6.45) is -3.95. The lowest BCUT2D eigenvalue weighted by Gasteiger charge is -2.15. The van der Waals surface area contributed by atoms with Crippen LogP contribution in [0.25, 0.3) is 0 Å². The summed E-state index contributed by atoms with van der Waals surface area (Å²) in [6, 6.07) is 0. The number of carbonyl (C=O) groups excluding carboxylic acids is 1. The highest BCUT2D eigenvalue weighted by atomic mass is 19.4. The summed E-state index contributed by atoms with van der Waals surface area (Å²) in [4.78, 5) is 9.81. The predicted octanol–water partition coefficient (Wildman–Crippen LogP) is 1.92. The van der Waals surface area contributed by atoms with Crippen LogP contribution in [0.2, 0.25) is 0 Å². The van der Waals surface area contributed by atoms with Gasteiger partial charge in [-0.15, -0.1) is 0 Å². The average molecular weight is 152 g/mol. The van der Waals surface area contributed by atoms with E-state index < -0.39 is 11.6 Å². The van der Waals surface area contributed by atoms with Gasteiger partial charge < -0.3 is 4.79 Å². The van der Waals surface area contributed by atoms with E-state index in [0.717, 1.165) is 0 Å². The van der Waals surface area contributed by atoms with Gasteiger partial charge in [0, 0.05) is 6.42 Å². The van der Waals surface area contributed by atoms with Crippen LogP contribution >= 0.6 is 0 Å². The van der Waals surface area contributed by atoms with Gasteiger partial charge in [-0.3, -0.25) is 0 Å². The fraction of sp³-hybridized carbons (Fsp3) is 0.833. The highest BCUT2D eigenvalue weighted by Crippen LogP contribution is 2.59. The van der Waals surface area contributed by atoms with E-state index in [0.29, 0.717) is 6.29 Å². The Morgan fingerprint density at radius 1 is 1.40 bits per heavy atom. The van der Waals surface area contributed by atoms with Crippen LogP contribution in [0.5, 0.6) is 0 Å². The third-order valence-electron chi connectivity index (χ3n) is 1.93. The maximum absolute atomic E-state index is 11.9. The van der Waals surface area contributed by atoms with E-state index >= 15 is 0 Å². The van der Waals surface area contributed by atoms with Crippen molar-refractivity contribution in [2.45, 2.75) is 25.4 Å². The second kappa shape index (κ2) is 1.97. The number of aldehydes is 1. The molecule has 0 heterocycles. The van der Waals surface area contributed by atoms with Crippen LogP contribution in [-0.4, -0.2) is 12.5 Å². The van der Waals surface area contributed by atoms with Crippen molar-refractivity contribution < 1.29 is 18.0 Å². The summed E-state index contributed by atoms with van der Waals surface area (Å²) in [5.41, 5.74) is -1.63. The molecule has 1 aliphatic carbocycles. The number of rotatable bonds is 2. The first-order valence-electron chi connectivity index (χ1n) is 3.02. The zero-order chi connectivity index (χ0) is 7.83. The minimum Gasteiger partial charge on any atom is -0.303 e. The lowest BCUT2D eigenvalue weighted by Crippen LogP contribution is -2.24. The summed E-state index contributed by atoms with van der Waals surface area (Å²) < 4.78 is 35.8. The standard InChI is InChI=1S/C6H7F3O/c7-6(8,9)5(1-2-5)3-4-10/h4H,1-3H2. The van der Waals surface area contributed by atoms with Crippen LogP contribution in [0.3, 0.4) is 0 Å². The number of alkyl halides is 3. The van der Waals surface area contributed by atoms with Crippen molar-refractivity contribution in [2.24, 2.45) is 5.41 Å². The van der Waals surface area contributed by atoms with Crippen LogP contribution in [0.1, 0.15) is 19.3 Å². The van der Waals surface area contributed by atoms with Crippen LogP contribution in [0.15, 0.2) is 0 Å². The van der Waals surface area contributed by atoms with Gasteiger partial charge in [-0.2, -0.15) is 13.2 Å². The van der Waals surface area contributed by atoms with Gasteiger partial charge >= 0.3 is 6.18 Å². The Morgan fingerprint density at radius 3 is 2.00 bits per heavy atom. The Labute approximate surface area is 56.2 Å². The third-order valence-corrected chi connectivity index (χ3v) is 1.93. The lowest BCUT2D eigenvalue weighted by molar-refractivity contribution is -0.188. The topological polar surface area (TPSA) is 17.1 Å². The molecule has 0 aromatic heterocycles. The Hall–Kier alpha value is -0.540. The van der Waals surface area contributed by atoms with E-state index in [1.54, 1.807) is 0 Å². The van der Waals surface area contributed by atoms with Crippen LogP contribution in [0, 0.1) is 5.41 Å². The molecule has 0 spiro atoms. The van der Waals surface area contributed by atoms with E-state index in [1.165, 1.54) is 0 Å². The van der Waals surface area contributed by atoms with Crippen molar-refractivity contribution in [3.63, 3.8) is 0 Å². The number of halogens is 3. The molecule has 1 aliphatic rings. The van der Waals surface area contributed by atoms with Gasteiger partial charge in [0.2, 0.25) is 0 Å². The van der Waals surface area contributed by atoms with E-state index in [9.17, 15) is 18.0 Å². The average Bonchev–Trinajstić information content (AvgIpc) is 2.45. The quantitative estimate of drug-likeness (QED) is 0.552. The highest BCUT2D eigenvalue weighted by Gasteiger charge is 2.62. The van der Waals surface area contributed by atoms with Gasteiger partial charge in [0.1, 0.15) is 6.29 Å². The van der Waals surface area contributed by atoms with Crippen LogP contribution in [0.4, 0.5) is 13.2 Å². The lowest BCUT2D eigenvalue weighted by atomic mass is 10.0. The molecule has 0 bridgehead atoms. The maximum Gasteiger partial charge on any atom is 0.394 e. The van der Waals surface area contributed by atoms with Crippen molar-refractivity contribution in [1.29, 1.82) is 0 Å². The summed E-state index contributed by atoms with van der Waals surface area (Å²) >= 11 is 0. The van der Waals surface area contributed by atoms with Crippen LogP contribution in [-0.2, 0) is 4.79 Å². The molecule has 0 amide bonds. The van der Waals surface area contributed by atoms with Gasteiger partial charge in [-0.05, 0) is 12.8 Å². The van der Waals surface area contributed by atoms with E-state index in [-0.39, 0.29) is 19.3 Å². The van der Waals surface area contributed by atoms with Gasteiger partial charge in [0.05, 0.1) is 5.41 Å². The molecule has 0 N–H and O–H groups in total. The summed E-state index contributed by atoms with van der Waals surface area (Å²) in [5.74, 6) is 0. The molecule has 1 nitrogen and oxygen atoms in total. The van der Waals surface area contributed by atoms with Crippen molar-refractivity contribution in [3.8, 4) is 0 Å². The zero-order valence-electron chi connectivity index (χ0n) is 5.24. The van der Waals surface area contributed by atoms with E-state index in [1.807, 2.05) is 0 Å². The molecule has 0 aromatic rings. The summed E-state index contributed by atoms with van der Waals surface area (Å²) in [6.45, 7) is 0. The zero-order valence-corrected chi connectivity index (χ0v) is 5.24. The fourth-order valence-electron chi connectivity index (χ4n) is 0.914. The highest BCUT2D eigenvalue weighted by molar-refractivity contribution is 5.52. The van der Waals surface area contributed by atoms with Crippen molar-refractivity contribution in [2.75, 3.05) is 0 Å². The van der Waals surface area contributed by atoms with Gasteiger partial charge in [0.15, 0.2) is 0 Å². The number of hydrogen-bond donors (Lipinski definition) is 0. The molecule has 1 fully saturated rings. The molecular weight excluding hydrogens is 145 g/mol. The molecule has 0 aliphatic heterocycles. The molecule has 0 saturated heterocycles. The maximum atomic E-state index is 11.9. The summed E-state index contributed by atoms with van der Waals surface area (Å²) in [7, 11) is 0. The summed E-state index contributed by atoms with van der Waals surface area (Å²) in [5, 5.41) is 0.